The number of thiophene rings is 2. The lowest BCUT2D eigenvalue weighted by molar-refractivity contribution is 0.0950. The molecular formula is C18H15ClN2O2S2. The smallest absolute Gasteiger partial charge is 0.265 e. The summed E-state index contributed by atoms with van der Waals surface area (Å²) in [6, 6.07) is 10.4. The molecule has 0 radical (unpaired) electrons. The van der Waals surface area contributed by atoms with Crippen LogP contribution in [0.1, 0.15) is 30.5 Å². The van der Waals surface area contributed by atoms with Crippen molar-refractivity contribution in [3.05, 3.63) is 73.1 Å². The molecule has 0 aliphatic carbocycles. The van der Waals surface area contributed by atoms with Gasteiger partial charge in [-0.05, 0) is 53.6 Å². The van der Waals surface area contributed by atoms with Gasteiger partial charge in [0.15, 0.2) is 0 Å². The lowest BCUT2D eigenvalue weighted by atomic mass is 10.1. The van der Waals surface area contributed by atoms with Crippen LogP contribution >= 0.6 is 34.3 Å². The zero-order valence-corrected chi connectivity index (χ0v) is 15.7. The van der Waals surface area contributed by atoms with E-state index in [0.717, 1.165) is 10.4 Å². The number of hydrogen-bond donors (Lipinski definition) is 2. The van der Waals surface area contributed by atoms with Crippen LogP contribution in [0.5, 0.6) is 0 Å². The third-order valence-corrected chi connectivity index (χ3v) is 5.82. The third kappa shape index (κ3) is 4.28. The van der Waals surface area contributed by atoms with E-state index in [-0.39, 0.29) is 11.8 Å². The summed E-state index contributed by atoms with van der Waals surface area (Å²) in [7, 11) is 0. The monoisotopic (exact) mass is 390 g/mol. The van der Waals surface area contributed by atoms with Gasteiger partial charge in [-0.1, -0.05) is 17.7 Å². The summed E-state index contributed by atoms with van der Waals surface area (Å²) in [6.45, 7) is 2.49. The molecule has 0 unspecified atom stereocenters. The van der Waals surface area contributed by atoms with Crippen molar-refractivity contribution in [3.8, 4) is 0 Å². The summed E-state index contributed by atoms with van der Waals surface area (Å²) in [5.41, 5.74) is 2.02. The Kier molecular flexibility index (Phi) is 5.53. The van der Waals surface area contributed by atoms with E-state index in [0.29, 0.717) is 27.7 Å². The van der Waals surface area contributed by atoms with E-state index in [1.165, 1.54) is 11.3 Å². The Morgan fingerprint density at radius 1 is 1.08 bits per heavy atom. The molecule has 25 heavy (non-hydrogen) atoms. The highest BCUT2D eigenvalue weighted by Gasteiger charge is 2.13. The number of benzene rings is 1. The topological polar surface area (TPSA) is 58.2 Å². The molecule has 0 aliphatic rings. The first-order chi connectivity index (χ1) is 12.0. The molecule has 2 amide bonds. The SMILES string of the molecule is Cc1ccsc1CNC(=O)c1ccc(Cl)c(NC(=O)c2cccs2)c1. The van der Waals surface area contributed by atoms with Crippen molar-refractivity contribution >= 4 is 51.8 Å². The Labute approximate surface area is 158 Å². The standard InChI is InChI=1S/C18H15ClN2O2S2/c1-11-6-8-25-16(11)10-20-17(22)12-4-5-13(19)14(9-12)21-18(23)15-3-2-7-24-15/h2-9H,10H2,1H3,(H,20,22)(H,21,23). The zero-order valence-electron chi connectivity index (χ0n) is 13.3. The number of nitrogens with one attached hydrogen (secondary N) is 2. The highest BCUT2D eigenvalue weighted by Crippen LogP contribution is 2.24. The van der Waals surface area contributed by atoms with E-state index >= 15 is 0 Å². The molecular weight excluding hydrogens is 376 g/mol. The van der Waals surface area contributed by atoms with Crippen molar-refractivity contribution in [2.45, 2.75) is 13.5 Å². The first-order valence-corrected chi connectivity index (χ1v) is 9.64. The summed E-state index contributed by atoms with van der Waals surface area (Å²) < 4.78 is 0. The molecule has 0 saturated carbocycles. The Balaban J connectivity index is 1.71. The average Bonchev–Trinajstić information content (AvgIpc) is 3.26. The van der Waals surface area contributed by atoms with Gasteiger partial charge >= 0.3 is 0 Å². The van der Waals surface area contributed by atoms with Gasteiger partial charge in [-0.3, -0.25) is 9.59 Å². The maximum atomic E-state index is 12.4. The average molecular weight is 391 g/mol. The molecule has 4 nitrogen and oxygen atoms in total. The Morgan fingerprint density at radius 3 is 2.60 bits per heavy atom. The van der Waals surface area contributed by atoms with Crippen LogP contribution in [0.2, 0.25) is 5.02 Å². The van der Waals surface area contributed by atoms with Crippen molar-refractivity contribution in [2.75, 3.05) is 5.32 Å². The molecule has 128 valence electrons. The largest absolute Gasteiger partial charge is 0.347 e. The lowest BCUT2D eigenvalue weighted by Crippen LogP contribution is -2.23. The van der Waals surface area contributed by atoms with Crippen LogP contribution in [0.15, 0.2) is 47.2 Å². The Bertz CT molecular complexity index is 904. The van der Waals surface area contributed by atoms with E-state index < -0.39 is 0 Å². The van der Waals surface area contributed by atoms with Gasteiger partial charge in [-0.2, -0.15) is 0 Å². The maximum absolute atomic E-state index is 12.4. The second-order valence-corrected chi connectivity index (χ2v) is 7.69. The van der Waals surface area contributed by atoms with Crippen molar-refractivity contribution in [3.63, 3.8) is 0 Å². The van der Waals surface area contributed by atoms with Crippen molar-refractivity contribution < 1.29 is 9.59 Å². The molecule has 3 aromatic rings. The van der Waals surface area contributed by atoms with Gasteiger partial charge in [0.2, 0.25) is 0 Å². The predicted octanol–water partition coefficient (Wildman–Crippen LogP) is 4.95. The van der Waals surface area contributed by atoms with E-state index in [1.807, 2.05) is 23.8 Å². The molecule has 0 aliphatic heterocycles. The number of carbonyl (C=O) groups is 2. The number of rotatable bonds is 5. The maximum Gasteiger partial charge on any atom is 0.265 e. The Morgan fingerprint density at radius 2 is 1.92 bits per heavy atom. The summed E-state index contributed by atoms with van der Waals surface area (Å²) in [5, 5.41) is 9.84. The highest BCUT2D eigenvalue weighted by molar-refractivity contribution is 7.12. The second kappa shape index (κ2) is 7.82. The summed E-state index contributed by atoms with van der Waals surface area (Å²) in [6.07, 6.45) is 0. The van der Waals surface area contributed by atoms with Crippen LogP contribution in [0.3, 0.4) is 0 Å². The third-order valence-electron chi connectivity index (χ3n) is 3.60. The van der Waals surface area contributed by atoms with Gasteiger partial charge < -0.3 is 10.6 Å². The highest BCUT2D eigenvalue weighted by atomic mass is 35.5. The van der Waals surface area contributed by atoms with Gasteiger partial charge in [0.25, 0.3) is 11.8 Å². The number of amides is 2. The molecule has 2 N–H and O–H groups in total. The van der Waals surface area contributed by atoms with E-state index in [4.69, 9.17) is 11.6 Å². The van der Waals surface area contributed by atoms with Crippen molar-refractivity contribution in [2.24, 2.45) is 0 Å². The first-order valence-electron chi connectivity index (χ1n) is 7.50. The number of hydrogen-bond acceptors (Lipinski definition) is 4. The zero-order chi connectivity index (χ0) is 17.8. The summed E-state index contributed by atoms with van der Waals surface area (Å²) in [4.78, 5) is 26.2. The second-order valence-electron chi connectivity index (χ2n) is 5.34. The van der Waals surface area contributed by atoms with Crippen LogP contribution in [-0.2, 0) is 6.54 Å². The van der Waals surface area contributed by atoms with Gasteiger partial charge in [-0.25, -0.2) is 0 Å². The number of aryl methyl sites for hydroxylation is 1. The summed E-state index contributed by atoms with van der Waals surface area (Å²) in [5.74, 6) is -0.459. The fourth-order valence-electron chi connectivity index (χ4n) is 2.20. The number of anilines is 1. The van der Waals surface area contributed by atoms with Crippen LogP contribution < -0.4 is 10.6 Å². The number of halogens is 1. The van der Waals surface area contributed by atoms with Crippen LogP contribution in [0.4, 0.5) is 5.69 Å². The normalized spacial score (nSPS) is 10.5. The quantitative estimate of drug-likeness (QED) is 0.647. The van der Waals surface area contributed by atoms with Crippen molar-refractivity contribution in [1.82, 2.24) is 5.32 Å². The van der Waals surface area contributed by atoms with E-state index in [9.17, 15) is 9.59 Å². The molecule has 1 aromatic carbocycles. The minimum atomic E-state index is -0.247. The Hall–Kier alpha value is -2.15. The molecule has 7 heteroatoms. The van der Waals surface area contributed by atoms with Gasteiger partial charge in [0.1, 0.15) is 0 Å². The molecule has 0 saturated heterocycles. The fourth-order valence-corrected chi connectivity index (χ4v) is 3.83. The van der Waals surface area contributed by atoms with Crippen LogP contribution in [-0.4, -0.2) is 11.8 Å². The summed E-state index contributed by atoms with van der Waals surface area (Å²) >= 11 is 9.09. The first kappa shape index (κ1) is 17.7. The van der Waals surface area contributed by atoms with Gasteiger partial charge in [-0.15, -0.1) is 22.7 Å². The van der Waals surface area contributed by atoms with E-state index in [1.54, 1.807) is 41.7 Å². The van der Waals surface area contributed by atoms with Gasteiger partial charge in [0, 0.05) is 10.4 Å². The van der Waals surface area contributed by atoms with E-state index in [2.05, 4.69) is 10.6 Å². The minimum absolute atomic E-state index is 0.212. The fraction of sp³-hybridized carbons (Fsp3) is 0.111. The molecule has 3 rings (SSSR count). The molecule has 0 spiro atoms. The molecule has 0 bridgehead atoms. The molecule has 2 aromatic heterocycles. The predicted molar refractivity (Wildman–Crippen MR) is 104 cm³/mol. The molecule has 2 heterocycles. The van der Waals surface area contributed by atoms with Crippen LogP contribution in [0, 0.1) is 6.92 Å². The van der Waals surface area contributed by atoms with Crippen LogP contribution in [0.25, 0.3) is 0 Å². The number of carbonyl (C=O) groups excluding carboxylic acids is 2. The van der Waals surface area contributed by atoms with Gasteiger partial charge in [0.05, 0.1) is 22.1 Å². The molecule has 0 fully saturated rings. The lowest BCUT2D eigenvalue weighted by Gasteiger charge is -2.09. The minimum Gasteiger partial charge on any atom is -0.347 e. The molecule has 0 atom stereocenters. The van der Waals surface area contributed by atoms with Crippen molar-refractivity contribution in [1.29, 1.82) is 0 Å².